The Labute approximate surface area is 111 Å². The third kappa shape index (κ3) is 2.40. The highest BCUT2D eigenvalue weighted by molar-refractivity contribution is 9.10. The van der Waals surface area contributed by atoms with Crippen LogP contribution < -0.4 is 0 Å². The first-order chi connectivity index (χ1) is 8.13. The number of ether oxygens (including phenoxy) is 1. The van der Waals surface area contributed by atoms with Crippen LogP contribution in [0.3, 0.4) is 0 Å². The van der Waals surface area contributed by atoms with Gasteiger partial charge in [-0.1, -0.05) is 11.6 Å². The lowest BCUT2D eigenvalue weighted by molar-refractivity contribution is 0.0526. The van der Waals surface area contributed by atoms with Gasteiger partial charge in [-0.15, -0.1) is 0 Å². The Morgan fingerprint density at radius 1 is 1.47 bits per heavy atom. The van der Waals surface area contributed by atoms with Crippen molar-refractivity contribution in [2.75, 3.05) is 6.61 Å². The first-order valence-electron chi connectivity index (χ1n) is 4.90. The van der Waals surface area contributed by atoms with Crippen LogP contribution in [0.25, 0.3) is 11.0 Å². The Balaban J connectivity index is 2.58. The molecule has 0 atom stereocenters. The van der Waals surface area contributed by atoms with Crippen LogP contribution in [0, 0.1) is 0 Å². The average Bonchev–Trinajstić information content (AvgIpc) is 2.29. The number of rotatable bonds is 2. The van der Waals surface area contributed by atoms with Gasteiger partial charge in [0.2, 0.25) is 0 Å². The smallest absolute Gasteiger partial charge is 0.341 e. The zero-order valence-electron chi connectivity index (χ0n) is 8.91. The van der Waals surface area contributed by atoms with Crippen LogP contribution >= 0.6 is 27.5 Å². The molecule has 0 N–H and O–H groups in total. The lowest BCUT2D eigenvalue weighted by Crippen LogP contribution is -2.06. The van der Waals surface area contributed by atoms with Crippen LogP contribution in [0.1, 0.15) is 17.3 Å². The van der Waals surface area contributed by atoms with E-state index in [0.29, 0.717) is 17.6 Å². The minimum absolute atomic E-state index is 0.232. The van der Waals surface area contributed by atoms with Crippen LogP contribution in [-0.2, 0) is 4.74 Å². The molecule has 0 aliphatic heterocycles. The molecular formula is C11H8BrClN2O2. The van der Waals surface area contributed by atoms with E-state index in [4.69, 9.17) is 16.3 Å². The monoisotopic (exact) mass is 314 g/mol. The molecule has 6 heteroatoms. The molecule has 2 aromatic rings. The molecule has 4 nitrogen and oxygen atoms in total. The molecule has 2 rings (SSSR count). The summed E-state index contributed by atoms with van der Waals surface area (Å²) in [5, 5.41) is 0.265. The third-order valence-electron chi connectivity index (χ3n) is 2.11. The fraction of sp³-hybridized carbons (Fsp3) is 0.182. The zero-order valence-corrected chi connectivity index (χ0v) is 11.2. The molecule has 0 saturated carbocycles. The van der Waals surface area contributed by atoms with Crippen molar-refractivity contribution in [3.63, 3.8) is 0 Å². The van der Waals surface area contributed by atoms with Gasteiger partial charge >= 0.3 is 5.97 Å². The van der Waals surface area contributed by atoms with Gasteiger partial charge in [0.05, 0.1) is 22.7 Å². The maximum atomic E-state index is 11.6. The van der Waals surface area contributed by atoms with Gasteiger partial charge in [-0.25, -0.2) is 4.79 Å². The molecule has 2 heterocycles. The van der Waals surface area contributed by atoms with E-state index in [9.17, 15) is 4.79 Å². The summed E-state index contributed by atoms with van der Waals surface area (Å²) in [5.41, 5.74) is 1.34. The second-order valence-electron chi connectivity index (χ2n) is 3.23. The summed E-state index contributed by atoms with van der Waals surface area (Å²) in [6.07, 6.45) is 3.00. The van der Waals surface area contributed by atoms with Crippen LogP contribution in [-0.4, -0.2) is 22.5 Å². The van der Waals surface area contributed by atoms with Crippen molar-refractivity contribution in [3.8, 4) is 0 Å². The Morgan fingerprint density at radius 2 is 2.24 bits per heavy atom. The average molecular weight is 316 g/mol. The summed E-state index contributed by atoms with van der Waals surface area (Å²) in [4.78, 5) is 19.9. The molecule has 0 spiro atoms. The summed E-state index contributed by atoms with van der Waals surface area (Å²) < 4.78 is 5.68. The van der Waals surface area contributed by atoms with Crippen LogP contribution in [0.4, 0.5) is 0 Å². The topological polar surface area (TPSA) is 52.1 Å². The van der Waals surface area contributed by atoms with E-state index in [1.54, 1.807) is 19.2 Å². The molecule has 17 heavy (non-hydrogen) atoms. The number of halogens is 2. The fourth-order valence-electron chi connectivity index (χ4n) is 1.37. The van der Waals surface area contributed by atoms with E-state index in [1.807, 2.05) is 0 Å². The summed E-state index contributed by atoms with van der Waals surface area (Å²) >= 11 is 9.40. The van der Waals surface area contributed by atoms with Crippen LogP contribution in [0.5, 0.6) is 0 Å². The highest BCUT2D eigenvalue weighted by Crippen LogP contribution is 2.26. The Bertz CT molecular complexity index is 589. The van der Waals surface area contributed by atoms with Crippen molar-refractivity contribution in [3.05, 3.63) is 33.5 Å². The van der Waals surface area contributed by atoms with Crippen molar-refractivity contribution in [2.45, 2.75) is 6.92 Å². The maximum Gasteiger partial charge on any atom is 0.341 e. The minimum atomic E-state index is -0.489. The minimum Gasteiger partial charge on any atom is -0.462 e. The number of carbonyl (C=O) groups excluding carboxylic acids is 1. The van der Waals surface area contributed by atoms with Gasteiger partial charge in [0, 0.05) is 16.9 Å². The van der Waals surface area contributed by atoms with Crippen LogP contribution in [0.2, 0.25) is 5.02 Å². The number of nitrogens with zero attached hydrogens (tertiary/aromatic N) is 2. The maximum absolute atomic E-state index is 11.6. The second-order valence-corrected chi connectivity index (χ2v) is 4.52. The number of fused-ring (bicyclic) bond motifs is 1. The number of carbonyl (C=O) groups is 1. The summed E-state index contributed by atoms with van der Waals surface area (Å²) in [5.74, 6) is -0.489. The molecule has 0 bridgehead atoms. The van der Waals surface area contributed by atoms with Gasteiger partial charge < -0.3 is 4.74 Å². The SMILES string of the molecule is CCOC(=O)c1cnc2cc(Br)cnc2c1Cl. The molecule has 0 fully saturated rings. The molecule has 0 saturated heterocycles. The van der Waals surface area contributed by atoms with E-state index in [0.717, 1.165) is 4.47 Å². The quantitative estimate of drug-likeness (QED) is 0.798. The van der Waals surface area contributed by atoms with E-state index in [1.165, 1.54) is 6.20 Å². The Morgan fingerprint density at radius 3 is 2.94 bits per heavy atom. The molecule has 88 valence electrons. The number of pyridine rings is 2. The van der Waals surface area contributed by atoms with Gasteiger partial charge in [-0.05, 0) is 28.9 Å². The molecule has 2 aromatic heterocycles. The lowest BCUT2D eigenvalue weighted by atomic mass is 10.2. The first-order valence-corrected chi connectivity index (χ1v) is 6.07. The second kappa shape index (κ2) is 4.98. The van der Waals surface area contributed by atoms with Gasteiger partial charge in [-0.2, -0.15) is 0 Å². The normalized spacial score (nSPS) is 10.5. The number of hydrogen-bond acceptors (Lipinski definition) is 4. The van der Waals surface area contributed by atoms with Gasteiger partial charge in [-0.3, -0.25) is 9.97 Å². The molecule has 0 aliphatic carbocycles. The molecule has 0 aliphatic rings. The number of hydrogen-bond donors (Lipinski definition) is 0. The fourth-order valence-corrected chi connectivity index (χ4v) is 1.96. The third-order valence-corrected chi connectivity index (χ3v) is 2.92. The largest absolute Gasteiger partial charge is 0.462 e. The number of esters is 1. The number of aromatic nitrogens is 2. The summed E-state index contributed by atoms with van der Waals surface area (Å²) in [6, 6.07) is 1.78. The van der Waals surface area contributed by atoms with Gasteiger partial charge in [0.25, 0.3) is 0 Å². The van der Waals surface area contributed by atoms with Crippen molar-refractivity contribution < 1.29 is 9.53 Å². The molecule has 0 unspecified atom stereocenters. The predicted molar refractivity (Wildman–Crippen MR) is 68.2 cm³/mol. The van der Waals surface area contributed by atoms with Gasteiger partial charge in [0.15, 0.2) is 0 Å². The lowest BCUT2D eigenvalue weighted by Gasteiger charge is -2.05. The zero-order chi connectivity index (χ0) is 12.4. The van der Waals surface area contributed by atoms with E-state index >= 15 is 0 Å². The summed E-state index contributed by atoms with van der Waals surface area (Å²) in [7, 11) is 0. The van der Waals surface area contributed by atoms with Crippen molar-refractivity contribution in [2.24, 2.45) is 0 Å². The first kappa shape index (κ1) is 12.3. The standard InChI is InChI=1S/C11H8BrClN2O2/c1-2-17-11(16)7-5-14-8-3-6(12)4-15-10(8)9(7)13/h3-5H,2H2,1H3. The molecule has 0 aromatic carbocycles. The van der Waals surface area contributed by atoms with Crippen molar-refractivity contribution >= 4 is 44.5 Å². The van der Waals surface area contributed by atoms with Crippen molar-refractivity contribution in [1.29, 1.82) is 0 Å². The Kier molecular flexibility index (Phi) is 3.59. The van der Waals surface area contributed by atoms with Crippen molar-refractivity contribution in [1.82, 2.24) is 9.97 Å². The van der Waals surface area contributed by atoms with E-state index < -0.39 is 5.97 Å². The van der Waals surface area contributed by atoms with Crippen LogP contribution in [0.15, 0.2) is 22.9 Å². The molecular weight excluding hydrogens is 307 g/mol. The van der Waals surface area contributed by atoms with E-state index in [-0.39, 0.29) is 10.6 Å². The highest BCUT2D eigenvalue weighted by atomic mass is 79.9. The summed E-state index contributed by atoms with van der Waals surface area (Å²) in [6.45, 7) is 2.02. The molecule has 0 amide bonds. The predicted octanol–water partition coefficient (Wildman–Crippen LogP) is 3.22. The van der Waals surface area contributed by atoms with E-state index in [2.05, 4.69) is 25.9 Å². The Hall–Kier alpha value is -1.20. The molecule has 0 radical (unpaired) electrons. The highest BCUT2D eigenvalue weighted by Gasteiger charge is 2.15. The van der Waals surface area contributed by atoms with Gasteiger partial charge in [0.1, 0.15) is 5.52 Å².